The summed E-state index contributed by atoms with van der Waals surface area (Å²) in [6.07, 6.45) is -4.55. The molecule has 1 unspecified atom stereocenters. The molecule has 0 saturated carbocycles. The van der Waals surface area contributed by atoms with Gasteiger partial charge in [-0.05, 0) is 52.5 Å². The molecule has 0 bridgehead atoms. The van der Waals surface area contributed by atoms with Gasteiger partial charge in [-0.25, -0.2) is 13.1 Å². The van der Waals surface area contributed by atoms with Crippen molar-refractivity contribution in [3.63, 3.8) is 0 Å². The number of alkyl halides is 3. The molecule has 1 aromatic carbocycles. The zero-order chi connectivity index (χ0) is 19.7. The molecular formula is C17H14F3NO3S3. The Hall–Kier alpha value is -1.72. The fourth-order valence-corrected chi connectivity index (χ4v) is 5.08. The number of benzene rings is 1. The van der Waals surface area contributed by atoms with Crippen LogP contribution in [-0.4, -0.2) is 20.1 Å². The topological polar surface area (TPSA) is 66.4 Å². The van der Waals surface area contributed by atoms with E-state index in [-0.39, 0.29) is 11.4 Å². The summed E-state index contributed by atoms with van der Waals surface area (Å²) in [6.45, 7) is -0.354. The van der Waals surface area contributed by atoms with Crippen LogP contribution < -0.4 is 4.72 Å². The van der Waals surface area contributed by atoms with E-state index in [0.29, 0.717) is 22.6 Å². The van der Waals surface area contributed by atoms with Gasteiger partial charge < -0.3 is 5.11 Å². The van der Waals surface area contributed by atoms with Crippen molar-refractivity contribution in [3.05, 3.63) is 74.6 Å². The molecule has 3 aromatic rings. The number of hydrogen-bond acceptors (Lipinski definition) is 5. The maximum Gasteiger partial charge on any atom is 0.416 e. The maximum atomic E-state index is 12.6. The third-order valence-electron chi connectivity index (χ3n) is 3.94. The lowest BCUT2D eigenvalue weighted by Gasteiger charge is -2.27. The highest BCUT2D eigenvalue weighted by molar-refractivity contribution is 7.89. The van der Waals surface area contributed by atoms with Crippen LogP contribution in [0, 0.1) is 0 Å². The predicted molar refractivity (Wildman–Crippen MR) is 98.3 cm³/mol. The van der Waals surface area contributed by atoms with Gasteiger partial charge in [-0.3, -0.25) is 0 Å². The lowest BCUT2D eigenvalue weighted by molar-refractivity contribution is -0.137. The van der Waals surface area contributed by atoms with Gasteiger partial charge >= 0.3 is 6.18 Å². The standard InChI is InChI=1S/C17H14F3NO3S3/c18-17(19,20)12-3-5-14(6-4-12)27(23,24)21-11-16(22,13-7-9-25-10-13)15-2-1-8-26-15/h1-10,21-22H,11H2. The molecule has 0 fully saturated rings. The summed E-state index contributed by atoms with van der Waals surface area (Å²) < 4.78 is 65.2. The Morgan fingerprint density at radius 2 is 1.70 bits per heavy atom. The zero-order valence-electron chi connectivity index (χ0n) is 13.6. The van der Waals surface area contributed by atoms with E-state index in [9.17, 15) is 26.7 Å². The first-order chi connectivity index (χ1) is 12.6. The van der Waals surface area contributed by atoms with Gasteiger partial charge in [-0.1, -0.05) is 6.07 Å². The number of nitrogens with one attached hydrogen (secondary N) is 1. The average Bonchev–Trinajstić information content (AvgIpc) is 3.33. The quantitative estimate of drug-likeness (QED) is 0.617. The highest BCUT2D eigenvalue weighted by Gasteiger charge is 2.35. The van der Waals surface area contributed by atoms with Gasteiger partial charge in [0.15, 0.2) is 0 Å². The number of halogens is 3. The first-order valence-corrected chi connectivity index (χ1v) is 10.9. The summed E-state index contributed by atoms with van der Waals surface area (Å²) in [5, 5.41) is 16.4. The summed E-state index contributed by atoms with van der Waals surface area (Å²) in [4.78, 5) is 0.241. The Morgan fingerprint density at radius 3 is 2.22 bits per heavy atom. The van der Waals surface area contributed by atoms with E-state index in [4.69, 9.17) is 0 Å². The van der Waals surface area contributed by atoms with Crippen LogP contribution in [0.25, 0.3) is 0 Å². The second-order valence-corrected chi connectivity index (χ2v) is 9.19. The van der Waals surface area contributed by atoms with E-state index in [1.165, 1.54) is 22.7 Å². The Bertz CT molecular complexity index is 946. The number of hydrogen-bond donors (Lipinski definition) is 2. The van der Waals surface area contributed by atoms with Crippen LogP contribution in [0.15, 0.2) is 63.5 Å². The van der Waals surface area contributed by atoms with Crippen LogP contribution in [0.3, 0.4) is 0 Å². The van der Waals surface area contributed by atoms with Crippen molar-refractivity contribution in [1.29, 1.82) is 0 Å². The molecule has 1 atom stereocenters. The SMILES string of the molecule is O=S(=O)(NCC(O)(c1ccsc1)c1cccs1)c1ccc(C(F)(F)F)cc1. The molecule has 0 amide bonds. The molecule has 10 heteroatoms. The molecule has 0 radical (unpaired) electrons. The van der Waals surface area contributed by atoms with Crippen molar-refractivity contribution in [2.75, 3.05) is 6.54 Å². The fourth-order valence-electron chi connectivity index (χ4n) is 2.45. The van der Waals surface area contributed by atoms with Crippen molar-refractivity contribution < 1.29 is 26.7 Å². The Morgan fingerprint density at radius 1 is 1.00 bits per heavy atom. The summed E-state index contributed by atoms with van der Waals surface area (Å²) in [5.41, 5.74) is -1.98. The molecule has 4 nitrogen and oxygen atoms in total. The third-order valence-corrected chi connectivity index (χ3v) is 7.06. The minimum atomic E-state index is -4.55. The van der Waals surface area contributed by atoms with Crippen LogP contribution in [0.5, 0.6) is 0 Å². The lowest BCUT2D eigenvalue weighted by Crippen LogP contribution is -2.40. The van der Waals surface area contributed by atoms with Gasteiger partial charge in [0, 0.05) is 17.0 Å². The average molecular weight is 433 g/mol. The van der Waals surface area contributed by atoms with Gasteiger partial charge in [0.05, 0.1) is 10.5 Å². The predicted octanol–water partition coefficient (Wildman–Crippen LogP) is 4.04. The highest BCUT2D eigenvalue weighted by atomic mass is 32.2. The second-order valence-electron chi connectivity index (χ2n) is 5.70. The van der Waals surface area contributed by atoms with E-state index >= 15 is 0 Å². The van der Waals surface area contributed by atoms with Gasteiger partial charge in [-0.15, -0.1) is 11.3 Å². The van der Waals surface area contributed by atoms with Gasteiger partial charge in [0.1, 0.15) is 5.60 Å². The molecule has 27 heavy (non-hydrogen) atoms. The summed E-state index contributed by atoms with van der Waals surface area (Å²) >= 11 is 2.63. The van der Waals surface area contributed by atoms with Crippen LogP contribution >= 0.6 is 22.7 Å². The first-order valence-electron chi connectivity index (χ1n) is 7.59. The van der Waals surface area contributed by atoms with Crippen molar-refractivity contribution >= 4 is 32.7 Å². The van der Waals surface area contributed by atoms with Crippen LogP contribution in [0.1, 0.15) is 16.0 Å². The number of rotatable bonds is 6. The molecule has 144 valence electrons. The van der Waals surface area contributed by atoms with Gasteiger partial charge in [0.25, 0.3) is 0 Å². The highest BCUT2D eigenvalue weighted by Crippen LogP contribution is 2.34. The van der Waals surface area contributed by atoms with Crippen molar-refractivity contribution in [1.82, 2.24) is 4.72 Å². The summed E-state index contributed by atoms with van der Waals surface area (Å²) in [5.74, 6) is 0. The molecule has 0 aliphatic carbocycles. The molecule has 2 N–H and O–H groups in total. The lowest BCUT2D eigenvalue weighted by atomic mass is 9.95. The maximum absolute atomic E-state index is 12.6. The number of thiophene rings is 2. The van der Waals surface area contributed by atoms with E-state index in [1.54, 1.807) is 34.3 Å². The van der Waals surface area contributed by atoms with Crippen LogP contribution in [0.4, 0.5) is 13.2 Å². The minimum Gasteiger partial charge on any atom is -0.378 e. The van der Waals surface area contributed by atoms with Crippen molar-refractivity contribution in [2.45, 2.75) is 16.7 Å². The van der Waals surface area contributed by atoms with Crippen LogP contribution in [0.2, 0.25) is 0 Å². The normalized spacial score (nSPS) is 14.8. The Labute approximate surface area is 162 Å². The first kappa shape index (κ1) is 20.0. The second kappa shape index (κ2) is 7.36. The smallest absolute Gasteiger partial charge is 0.378 e. The van der Waals surface area contributed by atoms with E-state index in [2.05, 4.69) is 4.72 Å². The monoisotopic (exact) mass is 433 g/mol. The molecule has 0 spiro atoms. The Kier molecular flexibility index (Phi) is 5.46. The summed E-state index contributed by atoms with van der Waals surface area (Å²) in [7, 11) is -4.11. The fraction of sp³-hybridized carbons (Fsp3) is 0.176. The van der Waals surface area contributed by atoms with Crippen molar-refractivity contribution in [3.8, 4) is 0 Å². The molecular weight excluding hydrogens is 419 g/mol. The molecule has 0 aliphatic rings. The molecule has 3 rings (SSSR count). The largest absolute Gasteiger partial charge is 0.416 e. The third kappa shape index (κ3) is 4.25. The molecule has 2 aromatic heterocycles. The van der Waals surface area contributed by atoms with E-state index < -0.39 is 27.4 Å². The molecule has 2 heterocycles. The Balaban J connectivity index is 1.85. The van der Waals surface area contributed by atoms with Gasteiger partial charge in [-0.2, -0.15) is 24.5 Å². The molecule has 0 aliphatic heterocycles. The summed E-state index contributed by atoms with van der Waals surface area (Å²) in [6, 6.07) is 8.31. The van der Waals surface area contributed by atoms with Gasteiger partial charge in [0.2, 0.25) is 10.0 Å². The van der Waals surface area contributed by atoms with Crippen LogP contribution in [-0.2, 0) is 21.8 Å². The number of aliphatic hydroxyl groups is 1. The van der Waals surface area contributed by atoms with E-state index in [0.717, 1.165) is 12.1 Å². The number of sulfonamides is 1. The minimum absolute atomic E-state index is 0.311. The zero-order valence-corrected chi connectivity index (χ0v) is 16.1. The molecule has 0 saturated heterocycles. The van der Waals surface area contributed by atoms with Crippen molar-refractivity contribution in [2.24, 2.45) is 0 Å². The van der Waals surface area contributed by atoms with E-state index in [1.807, 2.05) is 0 Å².